The molecule has 0 bridgehead atoms. The Morgan fingerprint density at radius 2 is 2.25 bits per heavy atom. The molecule has 0 aliphatic rings. The fourth-order valence-corrected chi connectivity index (χ4v) is 1.71. The van der Waals surface area contributed by atoms with E-state index in [1.54, 1.807) is 0 Å². The molecular weight excluding hydrogens is 202 g/mol. The Hall–Kier alpha value is -0.870. The number of rotatable bonds is 8. The summed E-state index contributed by atoms with van der Waals surface area (Å²) in [6, 6.07) is 0.200. The van der Waals surface area contributed by atoms with Gasteiger partial charge in [-0.05, 0) is 19.9 Å². The van der Waals surface area contributed by atoms with E-state index in [9.17, 15) is 0 Å². The number of nitrogens with one attached hydrogen (secondary N) is 1. The Kier molecular flexibility index (Phi) is 6.11. The molecule has 0 saturated heterocycles. The van der Waals surface area contributed by atoms with Gasteiger partial charge in [-0.25, -0.2) is 4.98 Å². The van der Waals surface area contributed by atoms with E-state index in [-0.39, 0.29) is 6.04 Å². The maximum atomic E-state index is 5.60. The summed E-state index contributed by atoms with van der Waals surface area (Å²) in [6.07, 6.45) is 4.92. The summed E-state index contributed by atoms with van der Waals surface area (Å²) < 4.78 is 7.76. The molecule has 1 aromatic rings. The average molecular weight is 225 g/mol. The molecule has 0 spiro atoms. The van der Waals surface area contributed by atoms with E-state index in [0.717, 1.165) is 31.9 Å². The molecule has 0 aliphatic carbocycles. The van der Waals surface area contributed by atoms with Gasteiger partial charge >= 0.3 is 0 Å². The first-order valence-corrected chi connectivity index (χ1v) is 6.15. The summed E-state index contributed by atoms with van der Waals surface area (Å²) in [4.78, 5) is 4.41. The number of nitrogens with zero attached hydrogens (tertiary/aromatic N) is 2. The van der Waals surface area contributed by atoms with Crippen molar-refractivity contribution in [2.45, 2.75) is 39.8 Å². The molecule has 4 heteroatoms. The van der Waals surface area contributed by atoms with Gasteiger partial charge in [0.25, 0.3) is 0 Å². The predicted octanol–water partition coefficient (Wildman–Crippen LogP) is 1.98. The van der Waals surface area contributed by atoms with E-state index in [4.69, 9.17) is 4.74 Å². The molecular formula is C12H23N3O. The van der Waals surface area contributed by atoms with Crippen LogP contribution in [0.5, 0.6) is 0 Å². The summed E-state index contributed by atoms with van der Waals surface area (Å²) in [5, 5.41) is 3.41. The van der Waals surface area contributed by atoms with Crippen molar-refractivity contribution in [1.29, 1.82) is 0 Å². The lowest BCUT2D eigenvalue weighted by Gasteiger charge is -2.18. The van der Waals surface area contributed by atoms with Gasteiger partial charge in [0.05, 0.1) is 12.6 Å². The molecule has 4 nitrogen and oxygen atoms in total. The Morgan fingerprint density at radius 3 is 2.88 bits per heavy atom. The van der Waals surface area contributed by atoms with Gasteiger partial charge in [-0.15, -0.1) is 0 Å². The van der Waals surface area contributed by atoms with Crippen LogP contribution in [0.4, 0.5) is 0 Å². The number of hydrogen-bond donors (Lipinski definition) is 1. The standard InChI is InChI=1S/C12H23N3O/c1-4-9-16-10-11(13-5-2)12-14-7-8-15(12)6-3/h7-8,11,13H,4-6,9-10H2,1-3H3. The number of ether oxygens (including phenoxy) is 1. The fourth-order valence-electron chi connectivity index (χ4n) is 1.71. The summed E-state index contributed by atoms with van der Waals surface area (Å²) in [7, 11) is 0. The monoisotopic (exact) mass is 225 g/mol. The molecule has 0 fully saturated rings. The van der Waals surface area contributed by atoms with Crippen LogP contribution in [-0.4, -0.2) is 29.3 Å². The van der Waals surface area contributed by atoms with E-state index in [1.165, 1.54) is 0 Å². The van der Waals surface area contributed by atoms with Gasteiger partial charge in [-0.2, -0.15) is 0 Å². The zero-order chi connectivity index (χ0) is 11.8. The molecule has 1 atom stereocenters. The second-order valence-corrected chi connectivity index (χ2v) is 3.76. The van der Waals surface area contributed by atoms with Gasteiger partial charge in [0.15, 0.2) is 0 Å². The van der Waals surface area contributed by atoms with Crippen LogP contribution < -0.4 is 5.32 Å². The summed E-state index contributed by atoms with van der Waals surface area (Å²) in [6.45, 7) is 9.73. The van der Waals surface area contributed by atoms with Crippen LogP contribution in [-0.2, 0) is 11.3 Å². The third kappa shape index (κ3) is 3.61. The van der Waals surface area contributed by atoms with Gasteiger partial charge in [-0.1, -0.05) is 13.8 Å². The van der Waals surface area contributed by atoms with Crippen molar-refractivity contribution in [3.8, 4) is 0 Å². The zero-order valence-corrected chi connectivity index (χ0v) is 10.6. The summed E-state index contributed by atoms with van der Waals surface area (Å²) >= 11 is 0. The topological polar surface area (TPSA) is 39.1 Å². The molecule has 0 radical (unpaired) electrons. The highest BCUT2D eigenvalue weighted by Gasteiger charge is 2.15. The third-order valence-electron chi connectivity index (χ3n) is 2.48. The third-order valence-corrected chi connectivity index (χ3v) is 2.48. The fraction of sp³-hybridized carbons (Fsp3) is 0.750. The van der Waals surface area contributed by atoms with Crippen LogP contribution in [0.15, 0.2) is 12.4 Å². The van der Waals surface area contributed by atoms with Crippen molar-refractivity contribution in [3.63, 3.8) is 0 Å². The van der Waals surface area contributed by atoms with Crippen molar-refractivity contribution < 1.29 is 4.74 Å². The molecule has 1 aromatic heterocycles. The smallest absolute Gasteiger partial charge is 0.128 e. The first kappa shape index (κ1) is 13.2. The van der Waals surface area contributed by atoms with E-state index >= 15 is 0 Å². The van der Waals surface area contributed by atoms with Crippen molar-refractivity contribution >= 4 is 0 Å². The molecule has 92 valence electrons. The Balaban J connectivity index is 2.61. The minimum absolute atomic E-state index is 0.200. The van der Waals surface area contributed by atoms with Gasteiger partial charge in [-0.3, -0.25) is 0 Å². The van der Waals surface area contributed by atoms with E-state index in [1.807, 2.05) is 12.4 Å². The number of aryl methyl sites for hydroxylation is 1. The molecule has 1 unspecified atom stereocenters. The lowest BCUT2D eigenvalue weighted by molar-refractivity contribution is 0.109. The van der Waals surface area contributed by atoms with Crippen LogP contribution in [0.2, 0.25) is 0 Å². The highest BCUT2D eigenvalue weighted by Crippen LogP contribution is 2.11. The Morgan fingerprint density at radius 1 is 1.44 bits per heavy atom. The largest absolute Gasteiger partial charge is 0.379 e. The first-order valence-electron chi connectivity index (χ1n) is 6.15. The highest BCUT2D eigenvalue weighted by molar-refractivity contribution is 4.99. The number of imidazole rings is 1. The van der Waals surface area contributed by atoms with E-state index in [0.29, 0.717) is 6.61 Å². The van der Waals surface area contributed by atoms with Crippen LogP contribution in [0.25, 0.3) is 0 Å². The molecule has 1 rings (SSSR count). The number of likely N-dealkylation sites (N-methyl/N-ethyl adjacent to an activating group) is 1. The van der Waals surface area contributed by atoms with Crippen LogP contribution in [0.1, 0.15) is 39.1 Å². The van der Waals surface area contributed by atoms with Crippen LogP contribution >= 0.6 is 0 Å². The lowest BCUT2D eigenvalue weighted by atomic mass is 10.3. The van der Waals surface area contributed by atoms with Crippen molar-refractivity contribution in [2.24, 2.45) is 0 Å². The molecule has 0 amide bonds. The quantitative estimate of drug-likeness (QED) is 0.688. The number of aromatic nitrogens is 2. The Bertz CT molecular complexity index is 286. The summed E-state index contributed by atoms with van der Waals surface area (Å²) in [5.41, 5.74) is 0. The predicted molar refractivity (Wildman–Crippen MR) is 65.4 cm³/mol. The van der Waals surface area contributed by atoms with E-state index in [2.05, 4.69) is 35.6 Å². The minimum Gasteiger partial charge on any atom is -0.379 e. The van der Waals surface area contributed by atoms with Crippen molar-refractivity contribution in [3.05, 3.63) is 18.2 Å². The molecule has 1 heterocycles. The van der Waals surface area contributed by atoms with Crippen LogP contribution in [0, 0.1) is 0 Å². The van der Waals surface area contributed by atoms with Gasteiger partial charge < -0.3 is 14.6 Å². The molecule has 0 aliphatic heterocycles. The molecule has 1 N–H and O–H groups in total. The average Bonchev–Trinajstić information content (AvgIpc) is 2.76. The lowest BCUT2D eigenvalue weighted by Crippen LogP contribution is -2.28. The minimum atomic E-state index is 0.200. The second kappa shape index (κ2) is 7.41. The SMILES string of the molecule is CCCOCC(NCC)c1nccn1CC. The van der Waals surface area contributed by atoms with Crippen molar-refractivity contribution in [1.82, 2.24) is 14.9 Å². The number of hydrogen-bond acceptors (Lipinski definition) is 3. The van der Waals surface area contributed by atoms with Crippen molar-refractivity contribution in [2.75, 3.05) is 19.8 Å². The maximum Gasteiger partial charge on any atom is 0.128 e. The highest BCUT2D eigenvalue weighted by atomic mass is 16.5. The van der Waals surface area contributed by atoms with Crippen LogP contribution in [0.3, 0.4) is 0 Å². The Labute approximate surface area is 98.0 Å². The van der Waals surface area contributed by atoms with Gasteiger partial charge in [0, 0.05) is 25.5 Å². The normalized spacial score (nSPS) is 12.9. The zero-order valence-electron chi connectivity index (χ0n) is 10.6. The molecule has 16 heavy (non-hydrogen) atoms. The van der Waals surface area contributed by atoms with Gasteiger partial charge in [0.1, 0.15) is 5.82 Å². The summed E-state index contributed by atoms with van der Waals surface area (Å²) in [5.74, 6) is 1.07. The second-order valence-electron chi connectivity index (χ2n) is 3.76. The van der Waals surface area contributed by atoms with Gasteiger partial charge in [0.2, 0.25) is 0 Å². The first-order chi connectivity index (χ1) is 7.83. The maximum absolute atomic E-state index is 5.60. The molecule has 0 aromatic carbocycles. The van der Waals surface area contributed by atoms with E-state index < -0.39 is 0 Å². The molecule has 0 saturated carbocycles.